The standard InChI is InChI=1S/C28H27NO7/c1-18-22(12-19-8-4-2-5-9-19)28(34)29(15-20-10-6-3-7-11-20)23-13-21(35-16-25(30)31)14-24(27(18)23)36-17-26(32)33/h2-11,13-14,28,34H,12,15-17H2,1H3,(H,30,31)(H,32,33). The maximum Gasteiger partial charge on any atom is 0.341 e. The predicted molar refractivity (Wildman–Crippen MR) is 134 cm³/mol. The van der Waals surface area contributed by atoms with Gasteiger partial charge >= 0.3 is 11.9 Å². The van der Waals surface area contributed by atoms with Crippen molar-refractivity contribution in [1.29, 1.82) is 0 Å². The number of carboxylic acids is 2. The third-order valence-electron chi connectivity index (χ3n) is 5.97. The van der Waals surface area contributed by atoms with Crippen molar-refractivity contribution in [1.82, 2.24) is 0 Å². The molecule has 0 spiro atoms. The van der Waals surface area contributed by atoms with Crippen LogP contribution in [-0.4, -0.2) is 46.7 Å². The number of allylic oxidation sites excluding steroid dienone is 1. The average molecular weight is 490 g/mol. The van der Waals surface area contributed by atoms with Crippen molar-refractivity contribution in [3.63, 3.8) is 0 Å². The molecule has 36 heavy (non-hydrogen) atoms. The van der Waals surface area contributed by atoms with Gasteiger partial charge in [-0.05, 0) is 35.6 Å². The van der Waals surface area contributed by atoms with E-state index in [1.807, 2.05) is 67.6 Å². The largest absolute Gasteiger partial charge is 0.482 e. The zero-order chi connectivity index (χ0) is 25.7. The Morgan fingerprint density at radius 1 is 0.861 bits per heavy atom. The molecule has 0 fully saturated rings. The molecule has 8 heteroatoms. The summed E-state index contributed by atoms with van der Waals surface area (Å²) in [6.45, 7) is 1.05. The van der Waals surface area contributed by atoms with E-state index in [4.69, 9.17) is 14.6 Å². The molecule has 4 rings (SSSR count). The zero-order valence-electron chi connectivity index (χ0n) is 19.8. The lowest BCUT2D eigenvalue weighted by Gasteiger charge is -2.39. The number of hydrogen-bond acceptors (Lipinski definition) is 6. The number of aliphatic carboxylic acids is 2. The quantitative estimate of drug-likeness (QED) is 0.392. The van der Waals surface area contributed by atoms with Gasteiger partial charge in [0.1, 0.15) is 17.7 Å². The molecule has 3 N–H and O–H groups in total. The molecule has 1 atom stereocenters. The van der Waals surface area contributed by atoms with Crippen molar-refractivity contribution in [2.24, 2.45) is 0 Å². The Morgan fingerprint density at radius 2 is 1.44 bits per heavy atom. The molecule has 0 bridgehead atoms. The summed E-state index contributed by atoms with van der Waals surface area (Å²) in [5.41, 5.74) is 4.67. The number of ether oxygens (including phenoxy) is 2. The van der Waals surface area contributed by atoms with Crippen LogP contribution < -0.4 is 14.4 Å². The van der Waals surface area contributed by atoms with E-state index in [0.29, 0.717) is 24.2 Å². The molecular formula is C28H27NO7. The lowest BCUT2D eigenvalue weighted by Crippen LogP contribution is -2.40. The molecule has 3 aromatic carbocycles. The number of fused-ring (bicyclic) bond motifs is 1. The van der Waals surface area contributed by atoms with Crippen molar-refractivity contribution >= 4 is 23.2 Å². The van der Waals surface area contributed by atoms with Crippen LogP contribution in [-0.2, 0) is 22.6 Å². The fraction of sp³-hybridized carbons (Fsp3) is 0.214. The number of carboxylic acid groups (broad SMARTS) is 2. The van der Waals surface area contributed by atoms with Gasteiger partial charge in [0.25, 0.3) is 0 Å². The fourth-order valence-corrected chi connectivity index (χ4v) is 4.33. The minimum Gasteiger partial charge on any atom is -0.482 e. The minimum atomic E-state index is -1.15. The Labute approximate surface area is 208 Å². The predicted octanol–water partition coefficient (Wildman–Crippen LogP) is 3.97. The third kappa shape index (κ3) is 5.67. The van der Waals surface area contributed by atoms with E-state index < -0.39 is 31.4 Å². The van der Waals surface area contributed by atoms with Gasteiger partial charge in [-0.1, -0.05) is 60.7 Å². The van der Waals surface area contributed by atoms with Gasteiger partial charge in [-0.15, -0.1) is 0 Å². The molecule has 0 saturated carbocycles. The fourth-order valence-electron chi connectivity index (χ4n) is 4.33. The van der Waals surface area contributed by atoms with Gasteiger partial charge < -0.3 is 29.7 Å². The van der Waals surface area contributed by atoms with Crippen LogP contribution in [0, 0.1) is 0 Å². The van der Waals surface area contributed by atoms with Crippen LogP contribution in [0.4, 0.5) is 5.69 Å². The summed E-state index contributed by atoms with van der Waals surface area (Å²) in [5.74, 6) is -1.86. The Morgan fingerprint density at radius 3 is 2.06 bits per heavy atom. The van der Waals surface area contributed by atoms with Gasteiger partial charge in [0, 0.05) is 24.2 Å². The summed E-state index contributed by atoms with van der Waals surface area (Å²) < 4.78 is 11.1. The molecule has 1 heterocycles. The summed E-state index contributed by atoms with van der Waals surface area (Å²) in [7, 11) is 0. The number of carbonyl (C=O) groups is 2. The molecule has 0 aliphatic carbocycles. The lowest BCUT2D eigenvalue weighted by atomic mass is 9.88. The molecule has 1 aliphatic heterocycles. The van der Waals surface area contributed by atoms with Crippen LogP contribution in [0.3, 0.4) is 0 Å². The van der Waals surface area contributed by atoms with Crippen LogP contribution in [0.5, 0.6) is 11.5 Å². The van der Waals surface area contributed by atoms with Gasteiger partial charge in [-0.3, -0.25) is 0 Å². The number of nitrogens with zero attached hydrogens (tertiary/aromatic N) is 1. The number of aliphatic hydroxyl groups is 1. The second kappa shape index (κ2) is 11.0. The number of anilines is 1. The van der Waals surface area contributed by atoms with Crippen LogP contribution in [0.25, 0.3) is 5.57 Å². The molecule has 0 aromatic heterocycles. The third-order valence-corrected chi connectivity index (χ3v) is 5.97. The first kappa shape index (κ1) is 24.8. The van der Waals surface area contributed by atoms with Gasteiger partial charge in [-0.2, -0.15) is 0 Å². The zero-order valence-corrected chi connectivity index (χ0v) is 19.8. The summed E-state index contributed by atoms with van der Waals surface area (Å²) >= 11 is 0. The number of hydrogen-bond donors (Lipinski definition) is 3. The maximum atomic E-state index is 11.6. The van der Waals surface area contributed by atoms with Gasteiger partial charge in [-0.25, -0.2) is 9.59 Å². The van der Waals surface area contributed by atoms with E-state index in [1.165, 1.54) is 6.07 Å². The highest BCUT2D eigenvalue weighted by Gasteiger charge is 2.33. The van der Waals surface area contributed by atoms with E-state index in [0.717, 1.165) is 22.3 Å². The highest BCUT2D eigenvalue weighted by molar-refractivity contribution is 5.87. The molecule has 1 aliphatic rings. The van der Waals surface area contributed by atoms with Crippen LogP contribution in [0.15, 0.2) is 78.4 Å². The van der Waals surface area contributed by atoms with Gasteiger partial charge in [0.2, 0.25) is 0 Å². The molecule has 0 saturated heterocycles. The smallest absolute Gasteiger partial charge is 0.341 e. The van der Waals surface area contributed by atoms with Gasteiger partial charge in [0.05, 0.1) is 5.69 Å². The van der Waals surface area contributed by atoms with Crippen molar-refractivity contribution in [2.45, 2.75) is 26.1 Å². The Bertz CT molecular complexity index is 1270. The molecule has 1 unspecified atom stereocenters. The monoisotopic (exact) mass is 489 g/mol. The highest BCUT2D eigenvalue weighted by Crippen LogP contribution is 2.46. The van der Waals surface area contributed by atoms with Crippen molar-refractivity contribution < 1.29 is 34.4 Å². The van der Waals surface area contributed by atoms with Gasteiger partial charge in [0.15, 0.2) is 13.2 Å². The molecular weight excluding hydrogens is 462 g/mol. The highest BCUT2D eigenvalue weighted by atomic mass is 16.5. The van der Waals surface area contributed by atoms with Crippen molar-refractivity contribution in [3.05, 3.63) is 95.1 Å². The number of rotatable bonds is 10. The molecule has 3 aromatic rings. The van der Waals surface area contributed by atoms with E-state index >= 15 is 0 Å². The Kier molecular flexibility index (Phi) is 7.56. The summed E-state index contributed by atoms with van der Waals surface area (Å²) in [6.07, 6.45) is -0.506. The first-order valence-corrected chi connectivity index (χ1v) is 11.4. The Balaban J connectivity index is 1.86. The first-order chi connectivity index (χ1) is 17.3. The molecule has 186 valence electrons. The average Bonchev–Trinajstić information content (AvgIpc) is 2.87. The summed E-state index contributed by atoms with van der Waals surface area (Å²) in [4.78, 5) is 24.2. The van der Waals surface area contributed by atoms with E-state index in [-0.39, 0.29) is 11.5 Å². The summed E-state index contributed by atoms with van der Waals surface area (Å²) in [5, 5.41) is 29.9. The maximum absolute atomic E-state index is 11.6. The van der Waals surface area contributed by atoms with Crippen molar-refractivity contribution in [3.8, 4) is 11.5 Å². The topological polar surface area (TPSA) is 117 Å². The van der Waals surface area contributed by atoms with Crippen LogP contribution in [0.1, 0.15) is 23.6 Å². The normalized spacial score (nSPS) is 14.8. The minimum absolute atomic E-state index is 0.195. The van der Waals surface area contributed by atoms with E-state index in [9.17, 15) is 19.8 Å². The van der Waals surface area contributed by atoms with E-state index in [1.54, 1.807) is 11.0 Å². The SMILES string of the molecule is CC1=C(Cc2ccccc2)C(O)N(Cc2ccccc2)c2cc(OCC(=O)O)cc(OCC(=O)O)c21. The van der Waals surface area contributed by atoms with Crippen molar-refractivity contribution in [2.75, 3.05) is 18.1 Å². The molecule has 0 radical (unpaired) electrons. The summed E-state index contributed by atoms with van der Waals surface area (Å²) in [6, 6.07) is 22.5. The second-order valence-corrected chi connectivity index (χ2v) is 8.48. The van der Waals surface area contributed by atoms with E-state index in [2.05, 4.69) is 0 Å². The van der Waals surface area contributed by atoms with Crippen LogP contribution >= 0.6 is 0 Å². The molecule has 0 amide bonds. The molecule has 8 nitrogen and oxygen atoms in total. The number of aliphatic hydroxyl groups excluding tert-OH is 1. The first-order valence-electron chi connectivity index (χ1n) is 11.4. The lowest BCUT2D eigenvalue weighted by molar-refractivity contribution is -0.140. The van der Waals surface area contributed by atoms with Crippen LogP contribution in [0.2, 0.25) is 0 Å². The Hall–Kier alpha value is -4.30. The second-order valence-electron chi connectivity index (χ2n) is 8.48. The number of benzene rings is 3.